The number of aliphatic hydroxyl groups is 6. The molecule has 3 saturated heterocycles. The van der Waals surface area contributed by atoms with Gasteiger partial charge in [-0.1, -0.05) is 88.5 Å². The molecule has 4 aliphatic rings. The molecule has 0 amide bonds. The highest BCUT2D eigenvalue weighted by Gasteiger charge is 2.54. The van der Waals surface area contributed by atoms with Crippen LogP contribution in [0, 0.1) is 0 Å². The molecule has 0 bridgehead atoms. The number of aryl methyl sites for hydroxylation is 2. The highest BCUT2D eigenvalue weighted by molar-refractivity contribution is 5.03. The lowest BCUT2D eigenvalue weighted by Crippen LogP contribution is -2.68. The first-order chi connectivity index (χ1) is 31.7. The first-order valence-electron chi connectivity index (χ1n) is 24.3. The first kappa shape index (κ1) is 53.0. The standard InChI is InChI=1S/C43H79N11O12/c1-3-5-7-9-11-13-15-23-19-53(51-49-23)21-28-34(57)36(59)31(48)42(62-28)64-38-26(46)17-25(45)32(55)40(38)66-43-37(60)39(65-41-30(47)35(58)33(56)27(18-44)61-41)29(63-43)22-54-20-24(50-52-54)16-14-12-10-8-6-4-2/h19-20,25-43,55-60H,3-18,21-22,44-48H2,1-2H3/t25-,26+,27?,28-,29-,30-,31-,32+,33-,34-,35-,36-,37-,38-,39-,40-,41-,42-,43+/m1/s1. The summed E-state index contributed by atoms with van der Waals surface area (Å²) in [7, 11) is 0. The van der Waals surface area contributed by atoms with E-state index in [0.29, 0.717) is 0 Å². The Morgan fingerprint density at radius 3 is 1.53 bits per heavy atom. The number of rotatable bonds is 25. The van der Waals surface area contributed by atoms with Crippen molar-refractivity contribution < 1.29 is 59.1 Å². The summed E-state index contributed by atoms with van der Waals surface area (Å²) in [5.41, 5.74) is 33.1. The average Bonchev–Trinajstić information content (AvgIpc) is 4.03. The van der Waals surface area contributed by atoms with E-state index in [9.17, 15) is 30.6 Å². The van der Waals surface area contributed by atoms with E-state index in [1.807, 2.05) is 0 Å². The van der Waals surface area contributed by atoms with Gasteiger partial charge in [0.05, 0.1) is 42.7 Å². The van der Waals surface area contributed by atoms with Gasteiger partial charge in [0.15, 0.2) is 18.9 Å². The maximum atomic E-state index is 11.9. The molecule has 0 aromatic carbocycles. The Bertz CT molecular complexity index is 1700. The molecule has 23 nitrogen and oxygen atoms in total. The van der Waals surface area contributed by atoms with Crippen molar-refractivity contribution in [1.29, 1.82) is 0 Å². The Morgan fingerprint density at radius 2 is 0.985 bits per heavy atom. The van der Waals surface area contributed by atoms with Crippen molar-refractivity contribution in [1.82, 2.24) is 30.0 Å². The van der Waals surface area contributed by atoms with Crippen molar-refractivity contribution in [2.24, 2.45) is 28.7 Å². The maximum Gasteiger partial charge on any atom is 0.187 e. The van der Waals surface area contributed by atoms with E-state index >= 15 is 0 Å². The van der Waals surface area contributed by atoms with Gasteiger partial charge in [-0.25, -0.2) is 9.36 Å². The van der Waals surface area contributed by atoms with Crippen molar-refractivity contribution in [3.8, 4) is 0 Å². The summed E-state index contributed by atoms with van der Waals surface area (Å²) in [6.07, 6.45) is -1.08. The molecule has 2 aromatic rings. The second kappa shape index (κ2) is 25.5. The van der Waals surface area contributed by atoms with Gasteiger partial charge in [-0.2, -0.15) is 0 Å². The predicted molar refractivity (Wildman–Crippen MR) is 236 cm³/mol. The molecular weight excluding hydrogens is 863 g/mol. The van der Waals surface area contributed by atoms with Gasteiger partial charge >= 0.3 is 0 Å². The van der Waals surface area contributed by atoms with Crippen molar-refractivity contribution in [3.63, 3.8) is 0 Å². The zero-order chi connectivity index (χ0) is 47.5. The van der Waals surface area contributed by atoms with Crippen LogP contribution in [0.2, 0.25) is 0 Å². The molecule has 3 aliphatic heterocycles. The summed E-state index contributed by atoms with van der Waals surface area (Å²) in [4.78, 5) is 0. The SMILES string of the molecule is CCCCCCCCc1cn(C[C@H]2O[C@H](O[C@H]3[C@H](O[C@@H]4O[C@H](Cn5cc(CCCCCCCC)nn5)[C@@H](O[C@H]5OC(CN)[C@@H](O)[C@H](O)[C@H]5N)[C@H]4O)[C@@H](O)[C@H](N)C[C@@H]3N)[C@H](N)[C@@H](O)[C@@H]2O)nn1. The van der Waals surface area contributed by atoms with E-state index in [-0.39, 0.29) is 26.1 Å². The van der Waals surface area contributed by atoms with Crippen LogP contribution in [0.15, 0.2) is 12.4 Å². The third kappa shape index (κ3) is 13.5. The van der Waals surface area contributed by atoms with Gasteiger partial charge in [0.2, 0.25) is 0 Å². The second-order valence-electron chi connectivity index (χ2n) is 18.7. The number of nitrogens with zero attached hydrogens (tertiary/aromatic N) is 6. The summed E-state index contributed by atoms with van der Waals surface area (Å²) >= 11 is 0. The molecule has 16 N–H and O–H groups in total. The van der Waals surface area contributed by atoms with Crippen LogP contribution in [0.4, 0.5) is 0 Å². The van der Waals surface area contributed by atoms with Crippen LogP contribution in [0.1, 0.15) is 109 Å². The molecule has 1 aliphatic carbocycles. The van der Waals surface area contributed by atoms with Crippen molar-refractivity contribution in [2.45, 2.75) is 240 Å². The molecule has 23 heteroatoms. The summed E-state index contributed by atoms with van der Waals surface area (Å²) in [5, 5.41) is 84.1. The molecule has 1 saturated carbocycles. The van der Waals surface area contributed by atoms with Gasteiger partial charge in [0.25, 0.3) is 0 Å². The molecule has 0 radical (unpaired) electrons. The van der Waals surface area contributed by atoms with E-state index in [1.54, 1.807) is 17.1 Å². The van der Waals surface area contributed by atoms with Crippen molar-refractivity contribution in [3.05, 3.63) is 23.8 Å². The molecule has 66 heavy (non-hydrogen) atoms. The average molecular weight is 942 g/mol. The van der Waals surface area contributed by atoms with Crippen LogP contribution >= 0.6 is 0 Å². The number of hydrogen-bond acceptors (Lipinski definition) is 21. The summed E-state index contributed by atoms with van der Waals surface area (Å²) in [6, 6.07) is -4.26. The van der Waals surface area contributed by atoms with Gasteiger partial charge in [0, 0.05) is 31.0 Å². The van der Waals surface area contributed by atoms with Crippen LogP contribution < -0.4 is 28.7 Å². The van der Waals surface area contributed by atoms with E-state index < -0.39 is 116 Å². The van der Waals surface area contributed by atoms with Crippen LogP contribution in [0.3, 0.4) is 0 Å². The van der Waals surface area contributed by atoms with E-state index in [2.05, 4.69) is 34.5 Å². The fourth-order valence-electron chi connectivity index (χ4n) is 9.33. The number of ether oxygens (including phenoxy) is 6. The predicted octanol–water partition coefficient (Wildman–Crippen LogP) is -2.46. The third-order valence-corrected chi connectivity index (χ3v) is 13.4. The third-order valence-electron chi connectivity index (χ3n) is 13.4. The lowest BCUT2D eigenvalue weighted by molar-refractivity contribution is -0.309. The minimum absolute atomic E-state index is 0.0173. The highest BCUT2D eigenvalue weighted by atomic mass is 16.8. The van der Waals surface area contributed by atoms with Gasteiger partial charge in [-0.3, -0.25) is 0 Å². The van der Waals surface area contributed by atoms with E-state index in [0.717, 1.165) is 62.8 Å². The molecule has 4 fully saturated rings. The summed E-state index contributed by atoms with van der Waals surface area (Å²) in [6.45, 7) is 4.24. The van der Waals surface area contributed by atoms with Gasteiger partial charge in [-0.15, -0.1) is 10.2 Å². The minimum atomic E-state index is -1.58. The minimum Gasteiger partial charge on any atom is -0.389 e. The Morgan fingerprint density at radius 1 is 0.530 bits per heavy atom. The zero-order valence-corrected chi connectivity index (χ0v) is 38.6. The molecule has 19 atom stereocenters. The monoisotopic (exact) mass is 942 g/mol. The number of aliphatic hydroxyl groups excluding tert-OH is 6. The number of aromatic nitrogens is 6. The Labute approximate surface area is 386 Å². The molecule has 2 aromatic heterocycles. The molecule has 1 unspecified atom stereocenters. The first-order valence-corrected chi connectivity index (χ1v) is 24.3. The van der Waals surface area contributed by atoms with E-state index in [1.165, 1.54) is 43.2 Å². The maximum absolute atomic E-state index is 11.9. The fourth-order valence-corrected chi connectivity index (χ4v) is 9.33. The van der Waals surface area contributed by atoms with Crippen LogP contribution in [-0.4, -0.2) is 183 Å². The van der Waals surface area contributed by atoms with Gasteiger partial charge in [0.1, 0.15) is 67.1 Å². The molecule has 378 valence electrons. The number of hydrogen-bond donors (Lipinski definition) is 11. The Kier molecular flexibility index (Phi) is 20.4. The lowest BCUT2D eigenvalue weighted by Gasteiger charge is -2.47. The molecule has 0 spiro atoms. The Hall–Kier alpha value is -2.40. The van der Waals surface area contributed by atoms with Crippen LogP contribution in [0.5, 0.6) is 0 Å². The normalized spacial score (nSPS) is 38.6. The topological polar surface area (TPSA) is 368 Å². The second-order valence-corrected chi connectivity index (χ2v) is 18.7. The van der Waals surface area contributed by atoms with Crippen molar-refractivity contribution >= 4 is 0 Å². The molecular formula is C43H79N11O12. The van der Waals surface area contributed by atoms with Crippen LogP contribution in [-0.2, 0) is 54.4 Å². The molecule has 5 heterocycles. The number of nitrogens with two attached hydrogens (primary N) is 5. The zero-order valence-electron chi connectivity index (χ0n) is 38.6. The lowest BCUT2D eigenvalue weighted by atomic mass is 9.84. The van der Waals surface area contributed by atoms with Crippen molar-refractivity contribution in [2.75, 3.05) is 6.54 Å². The quantitative estimate of drug-likeness (QED) is 0.0460. The van der Waals surface area contributed by atoms with Gasteiger partial charge < -0.3 is 87.7 Å². The largest absolute Gasteiger partial charge is 0.389 e. The Balaban J connectivity index is 1.15. The number of unbranched alkanes of at least 4 members (excludes halogenated alkanes) is 10. The fraction of sp³-hybridized carbons (Fsp3) is 0.907. The van der Waals surface area contributed by atoms with E-state index in [4.69, 9.17) is 57.1 Å². The van der Waals surface area contributed by atoms with Gasteiger partial charge in [-0.05, 0) is 32.1 Å². The van der Waals surface area contributed by atoms with Crippen LogP contribution in [0.25, 0.3) is 0 Å². The smallest absolute Gasteiger partial charge is 0.187 e. The summed E-state index contributed by atoms with van der Waals surface area (Å²) in [5.74, 6) is 0. The molecule has 6 rings (SSSR count). The highest BCUT2D eigenvalue weighted by Crippen LogP contribution is 2.35. The summed E-state index contributed by atoms with van der Waals surface area (Å²) < 4.78 is 40.6.